The molecule has 0 aliphatic carbocycles. The summed E-state index contributed by atoms with van der Waals surface area (Å²) in [7, 11) is 0. The smallest absolute Gasteiger partial charge is 0.403 e. The maximum Gasteiger partial charge on any atom is 0.433 e. The highest BCUT2D eigenvalue weighted by Crippen LogP contribution is 2.40. The minimum atomic E-state index is -0.678. The van der Waals surface area contributed by atoms with Gasteiger partial charge in [0, 0.05) is 13.8 Å². The molecule has 0 aromatic carbocycles. The SMILES string of the molecule is CC(=O)NC1=NN(C(C)=O)[C@H](c2ccc([N+](=O)[O-])o2)S1. The van der Waals surface area contributed by atoms with E-state index in [1.165, 1.54) is 26.0 Å². The second-order valence-electron chi connectivity index (χ2n) is 3.85. The molecule has 1 aromatic heterocycles. The Labute approximate surface area is 117 Å². The van der Waals surface area contributed by atoms with Gasteiger partial charge in [-0.1, -0.05) is 11.8 Å². The molecule has 2 amide bonds. The summed E-state index contributed by atoms with van der Waals surface area (Å²) in [5.74, 6) is -0.911. The van der Waals surface area contributed by atoms with Gasteiger partial charge in [-0.05, 0) is 6.07 Å². The Kier molecular flexibility index (Phi) is 3.74. The van der Waals surface area contributed by atoms with Crippen LogP contribution in [0.3, 0.4) is 0 Å². The van der Waals surface area contributed by atoms with Crippen LogP contribution in [0.25, 0.3) is 0 Å². The number of amidine groups is 1. The molecule has 0 saturated carbocycles. The number of thioether (sulfide) groups is 1. The van der Waals surface area contributed by atoms with E-state index in [0.29, 0.717) is 0 Å². The van der Waals surface area contributed by atoms with E-state index < -0.39 is 16.2 Å². The molecule has 1 atom stereocenters. The van der Waals surface area contributed by atoms with Gasteiger partial charge >= 0.3 is 5.88 Å². The third kappa shape index (κ3) is 2.79. The lowest BCUT2D eigenvalue weighted by Crippen LogP contribution is -2.25. The topological polar surface area (TPSA) is 118 Å². The molecule has 0 saturated heterocycles. The van der Waals surface area contributed by atoms with E-state index in [9.17, 15) is 19.7 Å². The quantitative estimate of drug-likeness (QED) is 0.647. The van der Waals surface area contributed by atoms with Gasteiger partial charge in [0.1, 0.15) is 10.7 Å². The number of nitrogens with one attached hydrogen (secondary N) is 1. The van der Waals surface area contributed by atoms with Crippen LogP contribution in [-0.4, -0.2) is 26.9 Å². The van der Waals surface area contributed by atoms with Gasteiger partial charge in [0.25, 0.3) is 0 Å². The van der Waals surface area contributed by atoms with E-state index >= 15 is 0 Å². The number of nitrogens with zero attached hydrogens (tertiary/aromatic N) is 3. The number of furan rings is 1. The first-order valence-corrected chi connectivity index (χ1v) is 6.33. The van der Waals surface area contributed by atoms with Gasteiger partial charge in [-0.15, -0.1) is 5.10 Å². The molecule has 0 bridgehead atoms. The summed E-state index contributed by atoms with van der Waals surface area (Å²) in [5.41, 5.74) is 0. The standard InChI is InChI=1S/C10H10N4O5S/c1-5(15)11-10-12-13(6(2)16)9(20-10)7-3-4-8(19-7)14(17)18/h3-4,9H,1-2H3,(H,11,12,15)/t9-/m0/s1. The molecule has 10 heteroatoms. The van der Waals surface area contributed by atoms with Crippen molar-refractivity contribution in [2.45, 2.75) is 19.2 Å². The van der Waals surface area contributed by atoms with Crippen LogP contribution in [-0.2, 0) is 9.59 Å². The summed E-state index contributed by atoms with van der Waals surface area (Å²) < 4.78 is 5.06. The molecule has 1 aliphatic heterocycles. The summed E-state index contributed by atoms with van der Waals surface area (Å²) in [6.07, 6.45) is 0. The molecule has 106 valence electrons. The molecular weight excluding hydrogens is 288 g/mol. The van der Waals surface area contributed by atoms with Crippen LogP contribution in [0.4, 0.5) is 5.88 Å². The van der Waals surface area contributed by atoms with Crippen molar-refractivity contribution in [1.29, 1.82) is 0 Å². The minimum absolute atomic E-state index is 0.209. The second kappa shape index (κ2) is 5.33. The van der Waals surface area contributed by atoms with Gasteiger partial charge < -0.3 is 9.73 Å². The highest BCUT2D eigenvalue weighted by Gasteiger charge is 2.35. The zero-order valence-corrected chi connectivity index (χ0v) is 11.3. The second-order valence-corrected chi connectivity index (χ2v) is 4.92. The number of carbonyl (C=O) groups excluding carboxylic acids is 2. The van der Waals surface area contributed by atoms with Crippen molar-refractivity contribution in [3.63, 3.8) is 0 Å². The lowest BCUT2D eigenvalue weighted by atomic mass is 10.4. The molecule has 0 spiro atoms. The number of hydrazone groups is 1. The van der Waals surface area contributed by atoms with Gasteiger partial charge in [-0.3, -0.25) is 19.7 Å². The maximum atomic E-state index is 11.5. The molecule has 1 N–H and O–H groups in total. The normalized spacial score (nSPS) is 17.8. The van der Waals surface area contributed by atoms with Crippen LogP contribution in [0.5, 0.6) is 0 Å². The fourth-order valence-corrected chi connectivity index (χ4v) is 2.61. The highest BCUT2D eigenvalue weighted by atomic mass is 32.2. The molecule has 9 nitrogen and oxygen atoms in total. The molecule has 0 fully saturated rings. The summed E-state index contributed by atoms with van der Waals surface area (Å²) in [5, 5.41) is 17.6. The van der Waals surface area contributed by atoms with Crippen molar-refractivity contribution in [2.75, 3.05) is 0 Å². The van der Waals surface area contributed by atoms with Crippen LogP contribution in [0.1, 0.15) is 25.0 Å². The monoisotopic (exact) mass is 298 g/mol. The Morgan fingerprint density at radius 2 is 2.20 bits per heavy atom. The first-order chi connectivity index (χ1) is 9.38. The van der Waals surface area contributed by atoms with Crippen molar-refractivity contribution >= 4 is 34.6 Å². The first-order valence-electron chi connectivity index (χ1n) is 5.45. The average Bonchev–Trinajstić information content (AvgIpc) is 2.93. The molecule has 1 aromatic rings. The Balaban J connectivity index is 2.24. The van der Waals surface area contributed by atoms with Crippen LogP contribution in [0.15, 0.2) is 21.7 Å². The number of amides is 2. The zero-order chi connectivity index (χ0) is 14.9. The lowest BCUT2D eigenvalue weighted by molar-refractivity contribution is -0.402. The number of carbonyl (C=O) groups is 2. The molecule has 0 unspecified atom stereocenters. The van der Waals surface area contributed by atoms with Crippen LogP contribution in [0, 0.1) is 10.1 Å². The van der Waals surface area contributed by atoms with E-state index in [4.69, 9.17) is 4.42 Å². The zero-order valence-electron chi connectivity index (χ0n) is 10.5. The van der Waals surface area contributed by atoms with Gasteiger partial charge in [-0.2, -0.15) is 0 Å². The van der Waals surface area contributed by atoms with Crippen LogP contribution < -0.4 is 5.32 Å². The summed E-state index contributed by atoms with van der Waals surface area (Å²) >= 11 is 1.06. The summed E-state index contributed by atoms with van der Waals surface area (Å²) in [6.45, 7) is 2.61. The van der Waals surface area contributed by atoms with E-state index in [-0.39, 0.29) is 22.7 Å². The van der Waals surface area contributed by atoms with Crippen molar-refractivity contribution in [2.24, 2.45) is 5.10 Å². The summed E-state index contributed by atoms with van der Waals surface area (Å²) in [4.78, 5) is 32.4. The number of hydrogen-bond acceptors (Lipinski definition) is 7. The van der Waals surface area contributed by atoms with Crippen molar-refractivity contribution < 1.29 is 18.9 Å². The third-order valence-corrected chi connectivity index (χ3v) is 3.35. The molecule has 1 aliphatic rings. The molecule has 2 rings (SSSR count). The Bertz CT molecular complexity index is 611. The lowest BCUT2D eigenvalue weighted by Gasteiger charge is -2.15. The minimum Gasteiger partial charge on any atom is -0.403 e. The van der Waals surface area contributed by atoms with Gasteiger partial charge in [0.15, 0.2) is 10.5 Å². The van der Waals surface area contributed by atoms with Crippen LogP contribution >= 0.6 is 11.8 Å². The average molecular weight is 298 g/mol. The fourth-order valence-electron chi connectivity index (χ4n) is 1.52. The number of nitro groups is 1. The fraction of sp³-hybridized carbons (Fsp3) is 0.300. The first kappa shape index (κ1) is 14.1. The van der Waals surface area contributed by atoms with Crippen molar-refractivity contribution in [3.05, 3.63) is 28.0 Å². The van der Waals surface area contributed by atoms with Crippen molar-refractivity contribution in [3.8, 4) is 0 Å². The molecular formula is C10H10N4O5S. The largest absolute Gasteiger partial charge is 0.433 e. The highest BCUT2D eigenvalue weighted by molar-refractivity contribution is 8.14. The molecule has 0 radical (unpaired) electrons. The predicted molar refractivity (Wildman–Crippen MR) is 69.5 cm³/mol. The number of rotatable bonds is 2. The van der Waals surface area contributed by atoms with Crippen LogP contribution in [0.2, 0.25) is 0 Å². The molecule has 20 heavy (non-hydrogen) atoms. The van der Waals surface area contributed by atoms with E-state index in [1.54, 1.807) is 0 Å². The third-order valence-electron chi connectivity index (χ3n) is 2.29. The predicted octanol–water partition coefficient (Wildman–Crippen LogP) is 1.19. The van der Waals surface area contributed by atoms with Crippen molar-refractivity contribution in [1.82, 2.24) is 10.3 Å². The Morgan fingerprint density at radius 1 is 1.50 bits per heavy atom. The Hall–Kier alpha value is -2.36. The Morgan fingerprint density at radius 3 is 2.70 bits per heavy atom. The molecule has 2 heterocycles. The maximum absolute atomic E-state index is 11.5. The van der Waals surface area contributed by atoms with Gasteiger partial charge in [-0.25, -0.2) is 5.01 Å². The van der Waals surface area contributed by atoms with E-state index in [0.717, 1.165) is 16.8 Å². The van der Waals surface area contributed by atoms with Gasteiger partial charge in [0.2, 0.25) is 11.8 Å². The van der Waals surface area contributed by atoms with E-state index in [1.807, 2.05) is 0 Å². The van der Waals surface area contributed by atoms with Gasteiger partial charge in [0.05, 0.1) is 6.07 Å². The summed E-state index contributed by atoms with van der Waals surface area (Å²) in [6, 6.07) is 2.60. The van der Waals surface area contributed by atoms with E-state index in [2.05, 4.69) is 10.4 Å². The number of hydrogen-bond donors (Lipinski definition) is 1.